The average molecular weight is 309 g/mol. The molecule has 0 saturated heterocycles. The van der Waals surface area contributed by atoms with Crippen molar-refractivity contribution in [2.75, 3.05) is 26.2 Å². The van der Waals surface area contributed by atoms with Crippen LogP contribution in [-0.2, 0) is 0 Å². The molecule has 1 aliphatic heterocycles. The Hall–Kier alpha value is -0.830. The molecule has 0 bridgehead atoms. The molecule has 1 N–H and O–H groups in total. The van der Waals surface area contributed by atoms with Crippen LogP contribution in [0.5, 0.6) is 0 Å². The summed E-state index contributed by atoms with van der Waals surface area (Å²) < 4.78 is 0. The number of rotatable bonds is 14. The van der Waals surface area contributed by atoms with Crippen LogP contribution in [0.2, 0.25) is 0 Å². The van der Waals surface area contributed by atoms with Gasteiger partial charge < -0.3 is 10.0 Å². The Balaban J connectivity index is 1.90. The number of nitrogens with zero attached hydrogens (tertiary/aromatic N) is 2. The molecule has 0 aromatic rings. The zero-order chi connectivity index (χ0) is 15.9. The maximum absolute atomic E-state index is 9.01. The highest BCUT2D eigenvalue weighted by Crippen LogP contribution is 2.10. The largest absolute Gasteiger partial charge is 0.395 e. The summed E-state index contributed by atoms with van der Waals surface area (Å²) in [6, 6.07) is 0. The summed E-state index contributed by atoms with van der Waals surface area (Å²) in [4.78, 5) is 6.76. The smallest absolute Gasteiger partial charge is 0.0991 e. The first-order chi connectivity index (χ1) is 10.9. The number of aliphatic hydroxyl groups excluding tert-OH is 1. The van der Waals surface area contributed by atoms with Gasteiger partial charge in [-0.25, -0.2) is 0 Å². The Kier molecular flexibility index (Phi) is 12.1. The van der Waals surface area contributed by atoms with E-state index in [1.54, 1.807) is 0 Å². The minimum atomic E-state index is 0.233. The van der Waals surface area contributed by atoms with Crippen LogP contribution in [0.25, 0.3) is 0 Å². The van der Waals surface area contributed by atoms with Crippen LogP contribution in [-0.4, -0.2) is 42.1 Å². The lowest BCUT2D eigenvalue weighted by Gasteiger charge is -2.18. The molecule has 0 aromatic carbocycles. The average Bonchev–Trinajstić information content (AvgIpc) is 2.96. The van der Waals surface area contributed by atoms with Crippen LogP contribution in [0.4, 0.5) is 0 Å². The number of hydrogen-bond acceptors (Lipinski definition) is 3. The van der Waals surface area contributed by atoms with E-state index in [-0.39, 0.29) is 6.61 Å². The lowest BCUT2D eigenvalue weighted by atomic mass is 10.1. The Labute approximate surface area is 137 Å². The first kappa shape index (κ1) is 19.2. The summed E-state index contributed by atoms with van der Waals surface area (Å²) in [5.41, 5.74) is 0. The van der Waals surface area contributed by atoms with E-state index < -0.39 is 0 Å². The van der Waals surface area contributed by atoms with Crippen molar-refractivity contribution in [3.8, 4) is 0 Å². The van der Waals surface area contributed by atoms with Gasteiger partial charge in [0.15, 0.2) is 0 Å². The zero-order valence-electron chi connectivity index (χ0n) is 14.6. The summed E-state index contributed by atoms with van der Waals surface area (Å²) in [7, 11) is 0. The van der Waals surface area contributed by atoms with Gasteiger partial charge in [-0.05, 0) is 25.7 Å². The van der Waals surface area contributed by atoms with E-state index >= 15 is 0 Å². The number of allylic oxidation sites excluding steroid dienone is 2. The molecule has 0 fully saturated rings. The Morgan fingerprint density at radius 2 is 1.68 bits per heavy atom. The van der Waals surface area contributed by atoms with E-state index in [1.807, 2.05) is 0 Å². The lowest BCUT2D eigenvalue weighted by Crippen LogP contribution is -2.30. The lowest BCUT2D eigenvalue weighted by molar-refractivity contribution is 0.255. The fraction of sp³-hybridized carbons (Fsp3) is 0.842. The van der Waals surface area contributed by atoms with Crippen molar-refractivity contribution in [1.29, 1.82) is 0 Å². The van der Waals surface area contributed by atoms with Crippen molar-refractivity contribution in [1.82, 2.24) is 4.90 Å². The third kappa shape index (κ3) is 9.24. The Bertz CT molecular complexity index is 313. The third-order valence-electron chi connectivity index (χ3n) is 4.31. The van der Waals surface area contributed by atoms with Gasteiger partial charge in [-0.15, -0.1) is 0 Å². The topological polar surface area (TPSA) is 35.8 Å². The first-order valence-corrected chi connectivity index (χ1v) is 9.42. The van der Waals surface area contributed by atoms with Crippen LogP contribution >= 0.6 is 0 Å². The van der Waals surface area contributed by atoms with Crippen molar-refractivity contribution in [2.24, 2.45) is 4.99 Å². The van der Waals surface area contributed by atoms with Crippen molar-refractivity contribution in [2.45, 2.75) is 77.6 Å². The van der Waals surface area contributed by atoms with Crippen molar-refractivity contribution in [3.05, 3.63) is 12.2 Å². The van der Waals surface area contributed by atoms with E-state index in [4.69, 9.17) is 5.11 Å². The standard InChI is InChI=1S/C19H36N2O/c1-2-3-4-5-6-7-8-9-10-11-12-13-14-19-20-15-16-21(19)17-18-22/h10-11,22H,2-9,12-18H2,1H3/b11-10+. The minimum Gasteiger partial charge on any atom is -0.395 e. The van der Waals surface area contributed by atoms with Gasteiger partial charge in [-0.1, -0.05) is 57.6 Å². The number of unbranched alkanes of at least 4 members (excludes halogenated alkanes) is 8. The number of aliphatic hydroxyl groups is 1. The van der Waals surface area contributed by atoms with E-state index in [0.717, 1.165) is 32.5 Å². The minimum absolute atomic E-state index is 0.233. The second-order valence-corrected chi connectivity index (χ2v) is 6.28. The number of hydrogen-bond donors (Lipinski definition) is 1. The predicted molar refractivity (Wildman–Crippen MR) is 96.6 cm³/mol. The highest BCUT2D eigenvalue weighted by atomic mass is 16.3. The van der Waals surface area contributed by atoms with Gasteiger partial charge in [0.05, 0.1) is 19.0 Å². The monoisotopic (exact) mass is 308 g/mol. The molecule has 1 aliphatic rings. The van der Waals surface area contributed by atoms with Gasteiger partial charge in [0, 0.05) is 19.5 Å². The molecule has 0 spiro atoms. The Morgan fingerprint density at radius 1 is 1.00 bits per heavy atom. The molecule has 3 heteroatoms. The molecule has 0 amide bonds. The third-order valence-corrected chi connectivity index (χ3v) is 4.31. The number of β-amino-alcohol motifs (C(OH)–C–C–N with tert-alkyl or cyclic N) is 1. The zero-order valence-corrected chi connectivity index (χ0v) is 14.6. The molecule has 0 aliphatic carbocycles. The normalized spacial score (nSPS) is 15.0. The van der Waals surface area contributed by atoms with E-state index in [9.17, 15) is 0 Å². The number of aliphatic imine (C=N–C) groups is 1. The molecular formula is C19H36N2O. The van der Waals surface area contributed by atoms with Gasteiger partial charge in [-0.3, -0.25) is 4.99 Å². The predicted octanol–water partition coefficient (Wildman–Crippen LogP) is 4.56. The molecule has 22 heavy (non-hydrogen) atoms. The second-order valence-electron chi connectivity index (χ2n) is 6.28. The second kappa shape index (κ2) is 13.8. The van der Waals surface area contributed by atoms with Gasteiger partial charge in [0.2, 0.25) is 0 Å². The van der Waals surface area contributed by atoms with Gasteiger partial charge >= 0.3 is 0 Å². The van der Waals surface area contributed by atoms with Gasteiger partial charge in [0.1, 0.15) is 0 Å². The van der Waals surface area contributed by atoms with E-state index in [2.05, 4.69) is 29.0 Å². The van der Waals surface area contributed by atoms with Gasteiger partial charge in [0.25, 0.3) is 0 Å². The first-order valence-electron chi connectivity index (χ1n) is 9.42. The van der Waals surface area contributed by atoms with Gasteiger partial charge in [-0.2, -0.15) is 0 Å². The molecule has 0 unspecified atom stereocenters. The molecule has 0 aromatic heterocycles. The fourth-order valence-corrected chi connectivity index (χ4v) is 2.96. The molecule has 0 atom stereocenters. The van der Waals surface area contributed by atoms with Crippen molar-refractivity contribution in [3.63, 3.8) is 0 Å². The SMILES string of the molecule is CCCCCCCCC/C=C/CCCC1=NCCN1CCO. The van der Waals surface area contributed by atoms with Crippen LogP contribution in [0.3, 0.4) is 0 Å². The van der Waals surface area contributed by atoms with Crippen LogP contribution in [0.1, 0.15) is 77.6 Å². The summed E-state index contributed by atoms with van der Waals surface area (Å²) in [5.74, 6) is 1.20. The van der Waals surface area contributed by atoms with Crippen molar-refractivity contribution < 1.29 is 5.11 Å². The molecule has 1 heterocycles. The molecule has 128 valence electrons. The maximum atomic E-state index is 9.01. The van der Waals surface area contributed by atoms with E-state index in [1.165, 1.54) is 63.6 Å². The van der Waals surface area contributed by atoms with Crippen LogP contribution < -0.4 is 0 Å². The van der Waals surface area contributed by atoms with Crippen molar-refractivity contribution >= 4 is 5.84 Å². The molecule has 0 radical (unpaired) electrons. The summed E-state index contributed by atoms with van der Waals surface area (Å²) in [5, 5.41) is 9.01. The summed E-state index contributed by atoms with van der Waals surface area (Å²) in [6.07, 6.45) is 19.1. The molecule has 1 rings (SSSR count). The quantitative estimate of drug-likeness (QED) is 0.377. The number of amidine groups is 1. The summed E-state index contributed by atoms with van der Waals surface area (Å²) in [6.45, 7) is 5.14. The summed E-state index contributed by atoms with van der Waals surface area (Å²) >= 11 is 0. The highest BCUT2D eigenvalue weighted by Gasteiger charge is 2.14. The molecule has 0 saturated carbocycles. The molecular weight excluding hydrogens is 272 g/mol. The maximum Gasteiger partial charge on any atom is 0.0991 e. The van der Waals surface area contributed by atoms with Crippen LogP contribution in [0.15, 0.2) is 17.1 Å². The fourth-order valence-electron chi connectivity index (χ4n) is 2.96. The highest BCUT2D eigenvalue weighted by molar-refractivity contribution is 5.83. The molecule has 3 nitrogen and oxygen atoms in total. The van der Waals surface area contributed by atoms with Crippen LogP contribution in [0, 0.1) is 0 Å². The Morgan fingerprint density at radius 3 is 2.41 bits per heavy atom. The van der Waals surface area contributed by atoms with E-state index in [0.29, 0.717) is 0 Å².